The van der Waals surface area contributed by atoms with E-state index in [9.17, 15) is 18.0 Å². The molecule has 3 aliphatic rings. The molecule has 224 valence electrons. The Morgan fingerprint density at radius 1 is 0.952 bits per heavy atom. The van der Waals surface area contributed by atoms with E-state index in [-0.39, 0.29) is 29.6 Å². The molecule has 42 heavy (non-hydrogen) atoms. The molecule has 0 bridgehead atoms. The normalized spacial score (nSPS) is 23.2. The van der Waals surface area contributed by atoms with Crippen LogP contribution in [0.4, 0.5) is 0 Å². The van der Waals surface area contributed by atoms with E-state index in [1.165, 1.54) is 31.9 Å². The fourth-order valence-corrected chi connectivity index (χ4v) is 7.76. The van der Waals surface area contributed by atoms with Crippen LogP contribution in [0.3, 0.4) is 0 Å². The molecule has 1 saturated heterocycles. The van der Waals surface area contributed by atoms with Crippen LogP contribution >= 0.6 is 0 Å². The molecule has 3 heterocycles. The Morgan fingerprint density at radius 3 is 2.38 bits per heavy atom. The van der Waals surface area contributed by atoms with E-state index in [1.807, 2.05) is 30.9 Å². The van der Waals surface area contributed by atoms with Gasteiger partial charge in [0.2, 0.25) is 5.91 Å². The van der Waals surface area contributed by atoms with Crippen molar-refractivity contribution in [2.24, 2.45) is 5.92 Å². The second-order valence-corrected chi connectivity index (χ2v) is 13.8. The summed E-state index contributed by atoms with van der Waals surface area (Å²) in [5.41, 5.74) is 5.82. The highest BCUT2D eigenvalue weighted by Gasteiger charge is 2.36. The molecule has 10 heteroatoms. The van der Waals surface area contributed by atoms with Crippen molar-refractivity contribution in [2.75, 3.05) is 20.1 Å². The van der Waals surface area contributed by atoms with Gasteiger partial charge < -0.3 is 14.2 Å². The number of ether oxygens (including phenoxy) is 1. The number of hydrogen-bond donors (Lipinski definition) is 2. The number of hydrogen-bond acceptors (Lipinski definition) is 5. The predicted molar refractivity (Wildman–Crippen MR) is 162 cm³/mol. The number of carbonyl (C=O) groups is 2. The Bertz CT molecular complexity index is 1610. The third-order valence-electron chi connectivity index (χ3n) is 9.10. The van der Waals surface area contributed by atoms with Gasteiger partial charge in [-0.3, -0.25) is 9.59 Å². The molecular formula is C32H40N4O5S. The summed E-state index contributed by atoms with van der Waals surface area (Å²) in [6.07, 6.45) is 6.37. The molecule has 1 saturated carbocycles. The molecule has 2 aromatic carbocycles. The number of nitrogens with zero attached hydrogens (tertiary/aromatic N) is 2. The summed E-state index contributed by atoms with van der Waals surface area (Å²) in [4.78, 5) is 29.1. The molecule has 1 aliphatic carbocycles. The zero-order valence-corrected chi connectivity index (χ0v) is 25.4. The number of benzene rings is 2. The average Bonchev–Trinajstić information content (AvgIpc) is 3.18. The number of carbonyl (C=O) groups excluding carboxylic acids is 2. The van der Waals surface area contributed by atoms with Gasteiger partial charge in [0, 0.05) is 48.7 Å². The van der Waals surface area contributed by atoms with Crippen molar-refractivity contribution in [1.29, 1.82) is 0 Å². The van der Waals surface area contributed by atoms with Crippen molar-refractivity contribution in [3.8, 4) is 11.3 Å². The summed E-state index contributed by atoms with van der Waals surface area (Å²) < 4.78 is 36.5. The van der Waals surface area contributed by atoms with Gasteiger partial charge in [0.25, 0.3) is 5.91 Å². The predicted octanol–water partition coefficient (Wildman–Crippen LogP) is 4.36. The van der Waals surface area contributed by atoms with Gasteiger partial charge in [0.15, 0.2) is 0 Å². The molecule has 2 N–H and O–H groups in total. The van der Waals surface area contributed by atoms with Crippen molar-refractivity contribution in [1.82, 2.24) is 18.9 Å². The van der Waals surface area contributed by atoms with Crippen molar-refractivity contribution in [3.63, 3.8) is 0 Å². The van der Waals surface area contributed by atoms with Gasteiger partial charge in [-0.15, -0.1) is 0 Å². The SMILES string of the molecule is CNS(=O)(=O)NC(=O)c1ccc2c(C3CCCCC3)c3n(c2c1)CC(C(=O)N1C[C@@H](C)O[C@@H](C)C1)Cc1ccccc1-3. The first-order valence-electron chi connectivity index (χ1n) is 15.1. The minimum Gasteiger partial charge on any atom is -0.372 e. The second-order valence-electron chi connectivity index (χ2n) is 12.1. The Balaban J connectivity index is 1.51. The molecule has 3 aromatic rings. The highest BCUT2D eigenvalue weighted by molar-refractivity contribution is 7.88. The maximum atomic E-state index is 14.1. The standard InChI is InChI=1S/C32H40N4O5S/c1-20-17-35(18-21(2)41-20)32(38)25-15-23-11-7-8-12-26(23)30-29(22-9-5-4-6-10-22)27-14-13-24(16-28(27)36(30)19-25)31(37)34-42(39,40)33-3/h7-8,11-14,16,20-22,25,33H,4-6,9-10,15,17-19H2,1-3H3,(H,34,37)/t20-,21+,25?. The van der Waals surface area contributed by atoms with E-state index >= 15 is 0 Å². The summed E-state index contributed by atoms with van der Waals surface area (Å²) >= 11 is 0. The van der Waals surface area contributed by atoms with Crippen molar-refractivity contribution >= 4 is 32.9 Å². The largest absolute Gasteiger partial charge is 0.372 e. The van der Waals surface area contributed by atoms with Gasteiger partial charge in [-0.25, -0.2) is 9.44 Å². The Hall–Kier alpha value is -3.21. The molecule has 1 unspecified atom stereocenters. The van der Waals surface area contributed by atoms with Gasteiger partial charge in [-0.1, -0.05) is 49.6 Å². The van der Waals surface area contributed by atoms with Crippen LogP contribution in [0.2, 0.25) is 0 Å². The lowest BCUT2D eigenvalue weighted by atomic mass is 9.81. The van der Waals surface area contributed by atoms with Crippen LogP contribution in [-0.4, -0.2) is 62.0 Å². The Kier molecular flexibility index (Phi) is 7.89. The minimum absolute atomic E-state index is 0.0217. The van der Waals surface area contributed by atoms with Crippen LogP contribution in [-0.2, 0) is 32.7 Å². The van der Waals surface area contributed by atoms with E-state index in [2.05, 4.69) is 32.2 Å². The van der Waals surface area contributed by atoms with E-state index in [0.29, 0.717) is 32.0 Å². The lowest BCUT2D eigenvalue weighted by Crippen LogP contribution is -2.50. The Morgan fingerprint density at radius 2 is 1.67 bits per heavy atom. The monoisotopic (exact) mass is 592 g/mol. The van der Waals surface area contributed by atoms with Crippen LogP contribution in [0.25, 0.3) is 22.2 Å². The molecule has 0 spiro atoms. The molecule has 6 rings (SSSR count). The number of amides is 2. The van der Waals surface area contributed by atoms with E-state index in [0.717, 1.165) is 40.6 Å². The van der Waals surface area contributed by atoms with Crippen LogP contribution in [0.15, 0.2) is 42.5 Å². The highest BCUT2D eigenvalue weighted by Crippen LogP contribution is 2.46. The van der Waals surface area contributed by atoms with Gasteiger partial charge in [0.05, 0.1) is 23.8 Å². The molecule has 2 fully saturated rings. The van der Waals surface area contributed by atoms with Crippen LogP contribution in [0.5, 0.6) is 0 Å². The van der Waals surface area contributed by atoms with Crippen molar-refractivity contribution in [2.45, 2.75) is 77.0 Å². The number of aromatic nitrogens is 1. The van der Waals surface area contributed by atoms with Crippen LogP contribution in [0.1, 0.15) is 73.4 Å². The zero-order chi connectivity index (χ0) is 29.6. The maximum Gasteiger partial charge on any atom is 0.301 e. The quantitative estimate of drug-likeness (QED) is 0.458. The summed E-state index contributed by atoms with van der Waals surface area (Å²) in [6.45, 7) is 5.63. The summed E-state index contributed by atoms with van der Waals surface area (Å²) in [7, 11) is -2.70. The summed E-state index contributed by atoms with van der Waals surface area (Å²) in [5.74, 6) is -0.487. The first kappa shape index (κ1) is 28.9. The number of fused-ring (bicyclic) bond motifs is 5. The molecule has 9 nitrogen and oxygen atoms in total. The third-order valence-corrected chi connectivity index (χ3v) is 10.1. The lowest BCUT2D eigenvalue weighted by molar-refractivity contribution is -0.147. The molecule has 2 amide bonds. The van der Waals surface area contributed by atoms with Gasteiger partial charge in [0.1, 0.15) is 0 Å². The first-order valence-corrected chi connectivity index (χ1v) is 16.6. The fraction of sp³-hybridized carbons (Fsp3) is 0.500. The van der Waals surface area contributed by atoms with E-state index in [1.54, 1.807) is 12.1 Å². The van der Waals surface area contributed by atoms with E-state index in [4.69, 9.17) is 4.74 Å². The highest BCUT2D eigenvalue weighted by atomic mass is 32.2. The Labute approximate surface area is 247 Å². The minimum atomic E-state index is -3.95. The number of rotatable bonds is 5. The number of nitrogens with one attached hydrogen (secondary N) is 2. The topological polar surface area (TPSA) is 110 Å². The summed E-state index contributed by atoms with van der Waals surface area (Å²) in [6, 6.07) is 13.9. The smallest absolute Gasteiger partial charge is 0.301 e. The third kappa shape index (κ3) is 5.47. The summed E-state index contributed by atoms with van der Waals surface area (Å²) in [5, 5.41) is 1.07. The van der Waals surface area contributed by atoms with Gasteiger partial charge >= 0.3 is 10.2 Å². The van der Waals surface area contributed by atoms with Crippen molar-refractivity contribution < 1.29 is 22.7 Å². The zero-order valence-electron chi connectivity index (χ0n) is 24.6. The van der Waals surface area contributed by atoms with Gasteiger partial charge in [-0.2, -0.15) is 8.42 Å². The lowest BCUT2D eigenvalue weighted by Gasteiger charge is -2.37. The van der Waals surface area contributed by atoms with Crippen LogP contribution in [0, 0.1) is 5.92 Å². The molecule has 3 atom stereocenters. The van der Waals surface area contributed by atoms with Crippen LogP contribution < -0.4 is 9.44 Å². The first-order chi connectivity index (χ1) is 20.1. The molecule has 2 aliphatic heterocycles. The molecule has 1 aromatic heterocycles. The van der Waals surface area contributed by atoms with Crippen molar-refractivity contribution in [3.05, 3.63) is 59.2 Å². The maximum absolute atomic E-state index is 14.1. The van der Waals surface area contributed by atoms with Gasteiger partial charge in [-0.05, 0) is 62.3 Å². The number of morpholine rings is 1. The molecule has 0 radical (unpaired) electrons. The van der Waals surface area contributed by atoms with E-state index < -0.39 is 16.1 Å². The fourth-order valence-electron chi connectivity index (χ4n) is 7.30. The second kappa shape index (κ2) is 11.5. The average molecular weight is 593 g/mol. The molecular weight excluding hydrogens is 552 g/mol.